The van der Waals surface area contributed by atoms with Crippen molar-refractivity contribution in [2.24, 2.45) is 0 Å². The molecule has 1 heterocycles. The Kier molecular flexibility index (Phi) is 3.42. The van der Waals surface area contributed by atoms with Crippen molar-refractivity contribution in [2.75, 3.05) is 5.32 Å². The molecule has 0 bridgehead atoms. The van der Waals surface area contributed by atoms with Crippen molar-refractivity contribution in [3.8, 4) is 5.69 Å². The molecule has 0 atom stereocenters. The van der Waals surface area contributed by atoms with Gasteiger partial charge in [0.15, 0.2) is 5.69 Å². The molecule has 1 N–H and O–H groups in total. The lowest BCUT2D eigenvalue weighted by Crippen LogP contribution is -2.12. The fourth-order valence-electron chi connectivity index (χ4n) is 1.80. The lowest BCUT2D eigenvalue weighted by Gasteiger charge is -2.02. The minimum absolute atomic E-state index is 0.183. The van der Waals surface area contributed by atoms with Crippen molar-refractivity contribution in [1.29, 1.82) is 0 Å². The maximum Gasteiger partial charge on any atom is 0.277 e. The molecule has 1 aromatic heterocycles. The fourth-order valence-corrected chi connectivity index (χ4v) is 1.80. The number of hydrogen-bond acceptors (Lipinski definition) is 3. The summed E-state index contributed by atoms with van der Waals surface area (Å²) in [6.45, 7) is 0. The number of amides is 1. The minimum atomic E-state index is -0.399. The van der Waals surface area contributed by atoms with Crippen molar-refractivity contribution >= 4 is 11.6 Å². The van der Waals surface area contributed by atoms with Crippen LogP contribution >= 0.6 is 0 Å². The number of halogens is 1. The van der Waals surface area contributed by atoms with Crippen LogP contribution in [-0.2, 0) is 0 Å². The van der Waals surface area contributed by atoms with E-state index < -0.39 is 5.91 Å². The molecule has 0 aliphatic rings. The molecule has 0 saturated carbocycles. The van der Waals surface area contributed by atoms with E-state index in [0.29, 0.717) is 5.69 Å². The zero-order chi connectivity index (χ0) is 14.7. The molecule has 0 aliphatic heterocycles. The van der Waals surface area contributed by atoms with Gasteiger partial charge in [-0.2, -0.15) is 0 Å². The van der Waals surface area contributed by atoms with Gasteiger partial charge in [0.2, 0.25) is 0 Å². The molecule has 1 amide bonds. The van der Waals surface area contributed by atoms with Gasteiger partial charge in [-0.15, -0.1) is 5.10 Å². The van der Waals surface area contributed by atoms with E-state index in [-0.39, 0.29) is 11.5 Å². The quantitative estimate of drug-likeness (QED) is 0.803. The number of carbonyl (C=O) groups is 1. The molecule has 21 heavy (non-hydrogen) atoms. The topological polar surface area (TPSA) is 59.8 Å². The number of para-hydroxylation sites is 1. The standard InChI is InChI=1S/C15H11FN4O/c16-11-6-8-12(9-7-11)17-15(21)14-10-20(19-18-14)13-4-2-1-3-5-13/h1-10H,(H,17,21). The molecule has 3 rings (SSSR count). The Bertz CT molecular complexity index is 753. The molecule has 0 fully saturated rings. The molecule has 5 nitrogen and oxygen atoms in total. The molecule has 3 aromatic rings. The average Bonchev–Trinajstić information content (AvgIpc) is 3.00. The van der Waals surface area contributed by atoms with Crippen LogP contribution in [0, 0.1) is 5.82 Å². The van der Waals surface area contributed by atoms with Gasteiger partial charge in [-0.25, -0.2) is 9.07 Å². The summed E-state index contributed by atoms with van der Waals surface area (Å²) in [6.07, 6.45) is 1.54. The van der Waals surface area contributed by atoms with Crippen LogP contribution in [0.3, 0.4) is 0 Å². The van der Waals surface area contributed by atoms with Crippen LogP contribution in [0.5, 0.6) is 0 Å². The van der Waals surface area contributed by atoms with E-state index in [4.69, 9.17) is 0 Å². The molecule has 104 valence electrons. The normalized spacial score (nSPS) is 10.3. The average molecular weight is 282 g/mol. The molecule has 0 saturated heterocycles. The number of aromatic nitrogens is 3. The molecule has 0 aliphatic carbocycles. The van der Waals surface area contributed by atoms with Gasteiger partial charge in [0, 0.05) is 5.69 Å². The van der Waals surface area contributed by atoms with Gasteiger partial charge in [0.1, 0.15) is 5.82 Å². The number of hydrogen-bond donors (Lipinski definition) is 1. The second kappa shape index (κ2) is 5.54. The van der Waals surface area contributed by atoms with Crippen molar-refractivity contribution < 1.29 is 9.18 Å². The summed E-state index contributed by atoms with van der Waals surface area (Å²) in [5.41, 5.74) is 1.49. The van der Waals surface area contributed by atoms with Crippen molar-refractivity contribution in [2.45, 2.75) is 0 Å². The minimum Gasteiger partial charge on any atom is -0.321 e. The summed E-state index contributed by atoms with van der Waals surface area (Å²) in [7, 11) is 0. The number of benzene rings is 2. The highest BCUT2D eigenvalue weighted by atomic mass is 19.1. The Morgan fingerprint density at radius 2 is 1.76 bits per heavy atom. The summed E-state index contributed by atoms with van der Waals surface area (Å²) in [5.74, 6) is -0.758. The fraction of sp³-hybridized carbons (Fsp3) is 0. The van der Waals surface area contributed by atoms with Crippen LogP contribution in [0.4, 0.5) is 10.1 Å². The van der Waals surface area contributed by atoms with Gasteiger partial charge < -0.3 is 5.32 Å². The Morgan fingerprint density at radius 3 is 2.48 bits per heavy atom. The zero-order valence-electron chi connectivity index (χ0n) is 10.9. The maximum absolute atomic E-state index is 12.8. The van der Waals surface area contributed by atoms with Crippen LogP contribution in [-0.4, -0.2) is 20.9 Å². The molecular weight excluding hydrogens is 271 g/mol. The summed E-state index contributed by atoms with van der Waals surface area (Å²) in [5, 5.41) is 10.4. The highest BCUT2D eigenvalue weighted by molar-refractivity contribution is 6.02. The number of anilines is 1. The summed E-state index contributed by atoms with van der Waals surface area (Å²) in [4.78, 5) is 12.0. The van der Waals surface area contributed by atoms with Crippen molar-refractivity contribution in [3.63, 3.8) is 0 Å². The number of rotatable bonds is 3. The molecule has 2 aromatic carbocycles. The highest BCUT2D eigenvalue weighted by Gasteiger charge is 2.11. The monoisotopic (exact) mass is 282 g/mol. The van der Waals surface area contributed by atoms with E-state index in [1.165, 1.54) is 35.1 Å². The first-order chi connectivity index (χ1) is 10.2. The molecule has 0 radical (unpaired) electrons. The predicted octanol–water partition coefficient (Wildman–Crippen LogP) is 2.66. The van der Waals surface area contributed by atoms with Crippen LogP contribution in [0.1, 0.15) is 10.5 Å². The van der Waals surface area contributed by atoms with Gasteiger partial charge in [0.25, 0.3) is 5.91 Å². The molecule has 0 spiro atoms. The van der Waals surface area contributed by atoms with E-state index in [9.17, 15) is 9.18 Å². The predicted molar refractivity (Wildman–Crippen MR) is 75.7 cm³/mol. The Labute approximate surface area is 120 Å². The van der Waals surface area contributed by atoms with E-state index >= 15 is 0 Å². The molecule has 0 unspecified atom stereocenters. The third kappa shape index (κ3) is 2.94. The maximum atomic E-state index is 12.8. The number of nitrogens with one attached hydrogen (secondary N) is 1. The van der Waals surface area contributed by atoms with Crippen LogP contribution in [0.25, 0.3) is 5.69 Å². The summed E-state index contributed by atoms with van der Waals surface area (Å²) < 4.78 is 14.3. The Hall–Kier alpha value is -3.02. The zero-order valence-corrected chi connectivity index (χ0v) is 10.9. The Balaban J connectivity index is 1.77. The first kappa shape index (κ1) is 13.0. The Morgan fingerprint density at radius 1 is 1.05 bits per heavy atom. The second-order valence-corrected chi connectivity index (χ2v) is 4.34. The number of nitrogens with zero attached hydrogens (tertiary/aromatic N) is 3. The van der Waals surface area contributed by atoms with Gasteiger partial charge in [-0.3, -0.25) is 4.79 Å². The SMILES string of the molecule is O=C(Nc1ccc(F)cc1)c1cn(-c2ccccc2)nn1. The smallest absolute Gasteiger partial charge is 0.277 e. The first-order valence-corrected chi connectivity index (χ1v) is 6.27. The largest absolute Gasteiger partial charge is 0.321 e. The third-order valence-electron chi connectivity index (χ3n) is 2.85. The molecule has 6 heteroatoms. The third-order valence-corrected chi connectivity index (χ3v) is 2.85. The van der Waals surface area contributed by atoms with Crippen molar-refractivity contribution in [3.05, 3.63) is 72.3 Å². The lowest BCUT2D eigenvalue weighted by molar-refractivity contribution is 0.102. The van der Waals surface area contributed by atoms with E-state index in [1.807, 2.05) is 30.3 Å². The number of carbonyl (C=O) groups excluding carboxylic acids is 1. The van der Waals surface area contributed by atoms with Gasteiger partial charge in [-0.05, 0) is 36.4 Å². The van der Waals surface area contributed by atoms with Gasteiger partial charge >= 0.3 is 0 Å². The van der Waals surface area contributed by atoms with E-state index in [0.717, 1.165) is 5.69 Å². The van der Waals surface area contributed by atoms with Crippen LogP contribution in [0.2, 0.25) is 0 Å². The first-order valence-electron chi connectivity index (χ1n) is 6.27. The molecular formula is C15H11FN4O. The van der Waals surface area contributed by atoms with E-state index in [2.05, 4.69) is 15.6 Å². The van der Waals surface area contributed by atoms with E-state index in [1.54, 1.807) is 0 Å². The van der Waals surface area contributed by atoms with Crippen LogP contribution in [0.15, 0.2) is 60.8 Å². The van der Waals surface area contributed by atoms with Crippen molar-refractivity contribution in [1.82, 2.24) is 15.0 Å². The van der Waals surface area contributed by atoms with Crippen LogP contribution < -0.4 is 5.32 Å². The van der Waals surface area contributed by atoms with Gasteiger partial charge in [0.05, 0.1) is 11.9 Å². The summed E-state index contributed by atoms with van der Waals surface area (Å²) >= 11 is 0. The highest BCUT2D eigenvalue weighted by Crippen LogP contribution is 2.10. The van der Waals surface area contributed by atoms with Gasteiger partial charge in [-0.1, -0.05) is 23.4 Å². The lowest BCUT2D eigenvalue weighted by atomic mass is 10.3. The summed E-state index contributed by atoms with van der Waals surface area (Å²) in [6, 6.07) is 14.9. The second-order valence-electron chi connectivity index (χ2n) is 4.34.